The highest BCUT2D eigenvalue weighted by Gasteiger charge is 2.15. The number of benzene rings is 2. The predicted octanol–water partition coefficient (Wildman–Crippen LogP) is 5.25. The number of carbonyl (C=O) groups excluding carboxylic acids is 1. The molecule has 2 aromatic rings. The number of anilines is 2. The third-order valence-corrected chi connectivity index (χ3v) is 5.15. The zero-order chi connectivity index (χ0) is 21.7. The molecule has 2 N–H and O–H groups in total. The van der Waals surface area contributed by atoms with Crippen LogP contribution < -0.4 is 20.1 Å². The normalized spacial score (nSPS) is 15.5. The van der Waals surface area contributed by atoms with Crippen molar-refractivity contribution in [3.8, 4) is 11.5 Å². The van der Waals surface area contributed by atoms with Crippen molar-refractivity contribution in [2.75, 3.05) is 37.0 Å². The largest absolute Gasteiger partial charge is 0.494 e. The van der Waals surface area contributed by atoms with Gasteiger partial charge in [-0.1, -0.05) is 32.3 Å². The van der Waals surface area contributed by atoms with Crippen molar-refractivity contribution in [3.05, 3.63) is 48.5 Å². The number of unbranched alkanes of at least 4 members (excludes halogenated alkanes) is 3. The van der Waals surface area contributed by atoms with E-state index >= 15 is 0 Å². The maximum atomic E-state index is 12.3. The molecule has 1 aliphatic heterocycles. The second-order valence-corrected chi connectivity index (χ2v) is 7.81. The summed E-state index contributed by atoms with van der Waals surface area (Å²) in [6.45, 7) is 4.48. The molecule has 168 valence electrons. The van der Waals surface area contributed by atoms with Crippen molar-refractivity contribution in [2.45, 2.75) is 51.6 Å². The first-order chi connectivity index (χ1) is 15.2. The Morgan fingerprint density at radius 3 is 2.68 bits per heavy atom. The van der Waals surface area contributed by atoms with Gasteiger partial charge in [-0.05, 0) is 55.7 Å². The van der Waals surface area contributed by atoms with E-state index in [1.54, 1.807) is 0 Å². The fourth-order valence-corrected chi connectivity index (χ4v) is 3.40. The highest BCUT2D eigenvalue weighted by molar-refractivity contribution is 5.93. The molecule has 0 bridgehead atoms. The van der Waals surface area contributed by atoms with Crippen molar-refractivity contribution in [1.29, 1.82) is 0 Å². The molecular weight excluding hydrogens is 392 g/mol. The van der Waals surface area contributed by atoms with Gasteiger partial charge >= 0.3 is 0 Å². The molecule has 0 spiro atoms. The van der Waals surface area contributed by atoms with Crippen LogP contribution in [0.1, 0.15) is 45.4 Å². The van der Waals surface area contributed by atoms with E-state index in [-0.39, 0.29) is 18.6 Å². The Hall–Kier alpha value is -2.73. The minimum absolute atomic E-state index is 0.112. The molecule has 0 aliphatic carbocycles. The first-order valence-corrected chi connectivity index (χ1v) is 11.3. The molecule has 1 unspecified atom stereocenters. The summed E-state index contributed by atoms with van der Waals surface area (Å²) >= 11 is 0. The summed E-state index contributed by atoms with van der Waals surface area (Å²) in [5, 5.41) is 6.04. The van der Waals surface area contributed by atoms with Gasteiger partial charge in [-0.2, -0.15) is 0 Å². The van der Waals surface area contributed by atoms with Crippen LogP contribution in [0.4, 0.5) is 11.4 Å². The van der Waals surface area contributed by atoms with Crippen molar-refractivity contribution in [3.63, 3.8) is 0 Å². The summed E-state index contributed by atoms with van der Waals surface area (Å²) in [6, 6.07) is 15.1. The second kappa shape index (κ2) is 12.8. The lowest BCUT2D eigenvalue weighted by Crippen LogP contribution is -2.21. The zero-order valence-electron chi connectivity index (χ0n) is 18.4. The summed E-state index contributed by atoms with van der Waals surface area (Å²) in [5.74, 6) is 1.47. The number of nitrogens with one attached hydrogen (secondary N) is 2. The molecule has 1 amide bonds. The summed E-state index contributed by atoms with van der Waals surface area (Å²) in [4.78, 5) is 12.3. The highest BCUT2D eigenvalue weighted by atomic mass is 16.5. The average Bonchev–Trinajstić information content (AvgIpc) is 3.31. The minimum Gasteiger partial charge on any atom is -0.494 e. The maximum Gasteiger partial charge on any atom is 0.243 e. The van der Waals surface area contributed by atoms with Gasteiger partial charge < -0.3 is 24.8 Å². The summed E-state index contributed by atoms with van der Waals surface area (Å²) in [5.41, 5.74) is 1.60. The van der Waals surface area contributed by atoms with Crippen molar-refractivity contribution >= 4 is 17.3 Å². The Kier molecular flexibility index (Phi) is 9.51. The lowest BCUT2D eigenvalue weighted by Gasteiger charge is -2.12. The van der Waals surface area contributed by atoms with Crippen molar-refractivity contribution in [1.82, 2.24) is 0 Å². The van der Waals surface area contributed by atoms with Crippen LogP contribution in [0.3, 0.4) is 0 Å². The molecule has 0 saturated carbocycles. The van der Waals surface area contributed by atoms with E-state index < -0.39 is 0 Å². The molecule has 1 saturated heterocycles. The Morgan fingerprint density at radius 2 is 1.90 bits per heavy atom. The number of hydrogen-bond donors (Lipinski definition) is 2. The Bertz CT molecular complexity index is 788. The van der Waals surface area contributed by atoms with Crippen LogP contribution in [0.15, 0.2) is 48.5 Å². The number of hydrogen-bond acceptors (Lipinski definition) is 5. The van der Waals surface area contributed by atoms with E-state index in [0.29, 0.717) is 13.2 Å². The molecule has 1 heterocycles. The molecule has 0 radical (unpaired) electrons. The Balaban J connectivity index is 1.37. The van der Waals surface area contributed by atoms with E-state index in [1.807, 2.05) is 48.5 Å². The number of amides is 1. The summed E-state index contributed by atoms with van der Waals surface area (Å²) in [6.07, 6.45) is 7.04. The first kappa shape index (κ1) is 22.9. The molecule has 2 aromatic carbocycles. The fraction of sp³-hybridized carbons (Fsp3) is 0.480. The monoisotopic (exact) mass is 426 g/mol. The molecule has 3 rings (SSSR count). The minimum atomic E-state index is -0.112. The van der Waals surface area contributed by atoms with E-state index in [1.165, 1.54) is 19.3 Å². The highest BCUT2D eigenvalue weighted by Crippen LogP contribution is 2.19. The topological polar surface area (TPSA) is 68.8 Å². The smallest absolute Gasteiger partial charge is 0.243 e. The molecule has 1 aliphatic rings. The van der Waals surface area contributed by atoms with Gasteiger partial charge in [0.25, 0.3) is 0 Å². The van der Waals surface area contributed by atoms with E-state index in [0.717, 1.165) is 48.7 Å². The maximum absolute atomic E-state index is 12.3. The van der Waals surface area contributed by atoms with Gasteiger partial charge in [-0.15, -0.1) is 0 Å². The molecule has 6 heteroatoms. The van der Waals surface area contributed by atoms with Gasteiger partial charge in [0.05, 0.1) is 19.3 Å². The third kappa shape index (κ3) is 8.50. The van der Waals surface area contributed by atoms with Crippen LogP contribution in [0, 0.1) is 0 Å². The van der Waals surface area contributed by atoms with Crippen molar-refractivity contribution in [2.24, 2.45) is 0 Å². The lowest BCUT2D eigenvalue weighted by atomic mass is 10.2. The fourth-order valence-electron chi connectivity index (χ4n) is 3.40. The van der Waals surface area contributed by atoms with Gasteiger partial charge in [-0.25, -0.2) is 0 Å². The number of carbonyl (C=O) groups is 1. The number of ether oxygens (including phenoxy) is 3. The van der Waals surface area contributed by atoms with E-state index in [2.05, 4.69) is 17.6 Å². The first-order valence-electron chi connectivity index (χ1n) is 11.3. The Morgan fingerprint density at radius 1 is 1.03 bits per heavy atom. The molecule has 6 nitrogen and oxygen atoms in total. The van der Waals surface area contributed by atoms with Gasteiger partial charge in [0, 0.05) is 24.0 Å². The Labute approximate surface area is 185 Å². The molecule has 31 heavy (non-hydrogen) atoms. The predicted molar refractivity (Wildman–Crippen MR) is 124 cm³/mol. The molecule has 0 aromatic heterocycles. The van der Waals surface area contributed by atoms with Crippen LogP contribution in [-0.4, -0.2) is 38.4 Å². The molecule has 1 fully saturated rings. The molecular formula is C25H34N2O4. The van der Waals surface area contributed by atoms with Gasteiger partial charge in [0.1, 0.15) is 18.1 Å². The van der Waals surface area contributed by atoms with Crippen LogP contribution in [0.25, 0.3) is 0 Å². The van der Waals surface area contributed by atoms with E-state index in [9.17, 15) is 4.79 Å². The quantitative estimate of drug-likeness (QED) is 0.428. The van der Waals surface area contributed by atoms with Gasteiger partial charge in [-0.3, -0.25) is 4.79 Å². The summed E-state index contributed by atoms with van der Waals surface area (Å²) < 4.78 is 17.1. The number of rotatable bonds is 13. The van der Waals surface area contributed by atoms with Crippen LogP contribution >= 0.6 is 0 Å². The van der Waals surface area contributed by atoms with Crippen LogP contribution in [0.5, 0.6) is 11.5 Å². The second-order valence-electron chi connectivity index (χ2n) is 7.81. The molecule has 1 atom stereocenters. The standard InChI is InChI=1S/C25H34N2O4/c1-2-3-4-5-15-29-23-9-6-8-21(17-23)27-25(28)18-26-20-11-13-22(14-12-20)31-19-24-10-7-16-30-24/h6,8-9,11-14,17,24,26H,2-5,7,10,15-16,18-19H2,1H3,(H,27,28). The van der Waals surface area contributed by atoms with Crippen LogP contribution in [-0.2, 0) is 9.53 Å². The SMILES string of the molecule is CCCCCCOc1cccc(NC(=O)CNc2ccc(OCC3CCCO3)cc2)c1. The lowest BCUT2D eigenvalue weighted by molar-refractivity contribution is -0.114. The van der Waals surface area contributed by atoms with Gasteiger partial charge in [0.2, 0.25) is 5.91 Å². The van der Waals surface area contributed by atoms with Crippen LogP contribution in [0.2, 0.25) is 0 Å². The summed E-state index contributed by atoms with van der Waals surface area (Å²) in [7, 11) is 0. The van der Waals surface area contributed by atoms with Crippen molar-refractivity contribution < 1.29 is 19.0 Å². The van der Waals surface area contributed by atoms with Gasteiger partial charge in [0.15, 0.2) is 0 Å². The van der Waals surface area contributed by atoms with E-state index in [4.69, 9.17) is 14.2 Å². The third-order valence-electron chi connectivity index (χ3n) is 5.15. The average molecular weight is 427 g/mol. The zero-order valence-corrected chi connectivity index (χ0v) is 18.4.